The second kappa shape index (κ2) is 16.4. The van der Waals surface area contributed by atoms with E-state index in [0.29, 0.717) is 0 Å². The molecule has 3 aliphatic rings. The van der Waals surface area contributed by atoms with Crippen LogP contribution in [0, 0.1) is 0 Å². The Morgan fingerprint density at radius 3 is 1.30 bits per heavy atom. The summed E-state index contributed by atoms with van der Waals surface area (Å²) in [5, 5.41) is 2.57. The zero-order valence-corrected chi connectivity index (χ0v) is 40.2. The molecule has 0 nitrogen and oxygen atoms in total. The lowest BCUT2D eigenvalue weighted by Gasteiger charge is -2.39. The molecule has 0 radical (unpaired) electrons. The highest BCUT2D eigenvalue weighted by molar-refractivity contribution is 8.34. The van der Waals surface area contributed by atoms with Gasteiger partial charge in [-0.25, -0.2) is 0 Å². The molecule has 11 aromatic carbocycles. The molecule has 0 fully saturated rings. The van der Waals surface area contributed by atoms with Crippen LogP contribution < -0.4 is 0 Å². The predicted molar refractivity (Wildman–Crippen MR) is 295 cm³/mol. The average molecular weight is 929 g/mol. The summed E-state index contributed by atoms with van der Waals surface area (Å²) in [7, 11) is -3.62. The minimum atomic E-state index is -1.82. The summed E-state index contributed by atoms with van der Waals surface area (Å²) in [6.45, 7) is 0. The summed E-state index contributed by atoms with van der Waals surface area (Å²) in [5.41, 5.74) is 14.7. The number of allylic oxidation sites excluding steroid dienone is 1. The first-order valence-corrected chi connectivity index (χ1v) is 27.7. The second-order valence-corrected chi connectivity index (χ2v) is 24.7. The van der Waals surface area contributed by atoms with Crippen LogP contribution in [-0.2, 0) is 0 Å². The summed E-state index contributed by atoms with van der Waals surface area (Å²) in [4.78, 5) is 11.1. The third kappa shape index (κ3) is 5.81. The van der Waals surface area contributed by atoms with E-state index in [4.69, 9.17) is 0 Å². The fourth-order valence-electron chi connectivity index (χ4n) is 12.4. The van der Waals surface area contributed by atoms with Gasteiger partial charge in [-0.05, 0) is 152 Å². The second-order valence-electron chi connectivity index (χ2n) is 18.6. The Labute approximate surface area is 413 Å². The molecular formula is C68H48S2. The normalized spacial score (nSPS) is 16.3. The van der Waals surface area contributed by atoms with Gasteiger partial charge >= 0.3 is 0 Å². The third-order valence-electron chi connectivity index (χ3n) is 15.1. The molecule has 0 amide bonds. The summed E-state index contributed by atoms with van der Waals surface area (Å²) in [6, 6.07) is 99.0. The Bertz CT molecular complexity index is 3760. The highest BCUT2D eigenvalue weighted by Gasteiger charge is 2.45. The summed E-state index contributed by atoms with van der Waals surface area (Å²) >= 11 is 0. The molecule has 332 valence electrons. The van der Waals surface area contributed by atoms with Crippen molar-refractivity contribution in [1.29, 1.82) is 0 Å². The molecule has 0 saturated carbocycles. The molecule has 0 aromatic heterocycles. The van der Waals surface area contributed by atoms with Crippen molar-refractivity contribution in [3.05, 3.63) is 284 Å². The van der Waals surface area contributed by atoms with E-state index in [9.17, 15) is 0 Å². The van der Waals surface area contributed by atoms with Gasteiger partial charge in [0.1, 0.15) is 0 Å². The smallest absolute Gasteiger partial charge is 0.0137 e. The molecule has 11 aromatic rings. The van der Waals surface area contributed by atoms with E-state index < -0.39 is 20.1 Å². The lowest BCUT2D eigenvalue weighted by molar-refractivity contribution is 0.821. The number of rotatable bonds is 7. The Hall–Kier alpha value is -7.88. The Balaban J connectivity index is 1.05. The molecular weight excluding hydrogens is 881 g/mol. The monoisotopic (exact) mass is 928 g/mol. The molecule has 14 rings (SSSR count). The van der Waals surface area contributed by atoms with Gasteiger partial charge in [0, 0.05) is 50.6 Å². The maximum Gasteiger partial charge on any atom is 0.0137 e. The molecule has 2 aliphatic heterocycles. The maximum atomic E-state index is 2.60. The fourth-order valence-corrected chi connectivity index (χ4v) is 20.9. The SMILES string of the molecule is C1=Cc2c(cc3c(-c4cccc5c4-c4ccccc4S5(c4ccccc4)c4ccccc4)cccc3c2-c2ccccc2)C(c2cccc3c2-c2ccccc2S3(c2ccccc2)c2ccccc2)C1. The summed E-state index contributed by atoms with van der Waals surface area (Å²) in [6.07, 6.45) is 5.79. The standard InChI is InChI=1S/C68H48S2/c1-6-24-47(25-7-1)66-56-38-20-36-52(54-40-22-44-64-67(54)58-34-16-18-42-62(58)69(64,48-26-8-2-9-27-48)49-28-10-3-11-29-49)60(56)46-61-53(37-21-39-57(61)66)55-41-23-45-65-68(55)59-35-17-19-43-63(59)70(65,50-30-12-4-13-31-50)51-32-14-5-15-33-51/h1-36,38-46,53H,37H2. The van der Waals surface area contributed by atoms with Crippen molar-refractivity contribution in [1.82, 2.24) is 0 Å². The first-order valence-electron chi connectivity index (χ1n) is 24.4. The van der Waals surface area contributed by atoms with E-state index in [2.05, 4.69) is 273 Å². The zero-order valence-electron chi connectivity index (χ0n) is 38.6. The van der Waals surface area contributed by atoms with Crippen molar-refractivity contribution in [2.45, 2.75) is 51.5 Å². The van der Waals surface area contributed by atoms with Crippen LogP contribution in [0.1, 0.15) is 29.0 Å². The average Bonchev–Trinajstić information content (AvgIpc) is 3.92. The quantitative estimate of drug-likeness (QED) is 0.149. The van der Waals surface area contributed by atoms with Crippen LogP contribution >= 0.6 is 20.1 Å². The van der Waals surface area contributed by atoms with Gasteiger partial charge in [-0.3, -0.25) is 0 Å². The van der Waals surface area contributed by atoms with Gasteiger partial charge in [0.2, 0.25) is 0 Å². The van der Waals surface area contributed by atoms with E-state index in [0.717, 1.165) is 6.42 Å². The number of hydrogen-bond donors (Lipinski definition) is 0. The highest BCUT2D eigenvalue weighted by atomic mass is 32.3. The minimum absolute atomic E-state index is 0.125. The molecule has 2 heterocycles. The molecule has 0 saturated heterocycles. The van der Waals surface area contributed by atoms with E-state index in [1.807, 2.05) is 0 Å². The van der Waals surface area contributed by atoms with Crippen molar-refractivity contribution in [2.75, 3.05) is 0 Å². The lowest BCUT2D eigenvalue weighted by atomic mass is 9.75. The Morgan fingerprint density at radius 2 is 0.729 bits per heavy atom. The largest absolute Gasteiger partial charge is 0.132 e. The fraction of sp³-hybridized carbons (Fsp3) is 0.0294. The minimum Gasteiger partial charge on any atom is -0.132 e. The highest BCUT2D eigenvalue weighted by Crippen LogP contribution is 2.82. The van der Waals surface area contributed by atoms with Crippen LogP contribution in [-0.4, -0.2) is 0 Å². The van der Waals surface area contributed by atoms with E-state index in [1.165, 1.54) is 111 Å². The first kappa shape index (κ1) is 41.1. The number of fused-ring (bicyclic) bond motifs is 8. The molecule has 2 heteroatoms. The van der Waals surface area contributed by atoms with Crippen LogP contribution in [0.15, 0.2) is 306 Å². The van der Waals surface area contributed by atoms with Crippen LogP contribution in [0.5, 0.6) is 0 Å². The van der Waals surface area contributed by atoms with Crippen molar-refractivity contribution >= 4 is 36.9 Å². The van der Waals surface area contributed by atoms with Crippen molar-refractivity contribution < 1.29 is 0 Å². The van der Waals surface area contributed by atoms with Crippen molar-refractivity contribution in [3.63, 3.8) is 0 Å². The topological polar surface area (TPSA) is 0 Å². The lowest BCUT2D eigenvalue weighted by Crippen LogP contribution is -2.09. The molecule has 0 N–H and O–H groups in total. The third-order valence-corrected chi connectivity index (χ3v) is 23.1. The van der Waals surface area contributed by atoms with E-state index >= 15 is 0 Å². The van der Waals surface area contributed by atoms with Crippen LogP contribution in [0.25, 0.3) is 61.4 Å². The van der Waals surface area contributed by atoms with Crippen LogP contribution in [0.4, 0.5) is 0 Å². The number of benzene rings is 11. The molecule has 1 unspecified atom stereocenters. The predicted octanol–water partition coefficient (Wildman–Crippen LogP) is 19.4. The van der Waals surface area contributed by atoms with Gasteiger partial charge < -0.3 is 0 Å². The van der Waals surface area contributed by atoms with Gasteiger partial charge in [-0.2, -0.15) is 0 Å². The Kier molecular flexibility index (Phi) is 9.62. The van der Waals surface area contributed by atoms with Crippen molar-refractivity contribution in [3.8, 4) is 44.5 Å². The van der Waals surface area contributed by atoms with Gasteiger partial charge in [-0.1, -0.05) is 194 Å². The van der Waals surface area contributed by atoms with Gasteiger partial charge in [0.15, 0.2) is 0 Å². The zero-order chi connectivity index (χ0) is 46.2. The summed E-state index contributed by atoms with van der Waals surface area (Å²) < 4.78 is 0. The van der Waals surface area contributed by atoms with E-state index in [1.54, 1.807) is 0 Å². The van der Waals surface area contributed by atoms with Gasteiger partial charge in [0.05, 0.1) is 0 Å². The molecule has 70 heavy (non-hydrogen) atoms. The van der Waals surface area contributed by atoms with E-state index in [-0.39, 0.29) is 5.92 Å². The summed E-state index contributed by atoms with van der Waals surface area (Å²) in [5.74, 6) is 0.125. The van der Waals surface area contributed by atoms with Crippen LogP contribution in [0.2, 0.25) is 0 Å². The number of hydrogen-bond acceptors (Lipinski definition) is 0. The van der Waals surface area contributed by atoms with Crippen molar-refractivity contribution in [2.24, 2.45) is 0 Å². The molecule has 1 atom stereocenters. The molecule has 0 bridgehead atoms. The van der Waals surface area contributed by atoms with Gasteiger partial charge in [-0.15, -0.1) is 20.1 Å². The van der Waals surface area contributed by atoms with Crippen LogP contribution in [0.3, 0.4) is 0 Å². The molecule has 1 aliphatic carbocycles. The Morgan fingerprint density at radius 1 is 0.300 bits per heavy atom. The first-order chi connectivity index (χ1) is 34.8. The van der Waals surface area contributed by atoms with Gasteiger partial charge in [0.25, 0.3) is 0 Å². The maximum absolute atomic E-state index is 2.60. The molecule has 0 spiro atoms.